The fraction of sp³-hybridized carbons (Fsp3) is 0.0385. The zero-order valence-corrected chi connectivity index (χ0v) is 17.9. The number of ether oxygens (including phenoxy) is 1. The van der Waals surface area contributed by atoms with E-state index in [1.165, 1.54) is 11.3 Å². The summed E-state index contributed by atoms with van der Waals surface area (Å²) in [5, 5.41) is 23.9. The van der Waals surface area contributed by atoms with E-state index in [9.17, 15) is 15.0 Å². The Hall–Kier alpha value is -4.03. The van der Waals surface area contributed by atoms with Crippen molar-refractivity contribution < 1.29 is 14.9 Å². The average molecular weight is 442 g/mol. The van der Waals surface area contributed by atoms with Crippen LogP contribution in [0.5, 0.6) is 17.2 Å². The largest absolute Gasteiger partial charge is 0.507 e. The van der Waals surface area contributed by atoms with Crippen LogP contribution in [0.3, 0.4) is 0 Å². The minimum atomic E-state index is -0.331. The van der Waals surface area contributed by atoms with E-state index in [0.29, 0.717) is 27.1 Å². The minimum absolute atomic E-state index is 0.0463. The van der Waals surface area contributed by atoms with Gasteiger partial charge in [0, 0.05) is 22.1 Å². The van der Waals surface area contributed by atoms with Gasteiger partial charge in [-0.05, 0) is 29.3 Å². The van der Waals surface area contributed by atoms with E-state index in [0.717, 1.165) is 16.7 Å². The first-order chi connectivity index (χ1) is 15.6. The van der Waals surface area contributed by atoms with Crippen molar-refractivity contribution >= 4 is 21.6 Å². The molecule has 0 amide bonds. The second-order valence-corrected chi connectivity index (χ2v) is 8.21. The fourth-order valence-electron chi connectivity index (χ4n) is 3.95. The Morgan fingerprint density at radius 1 is 0.844 bits per heavy atom. The van der Waals surface area contributed by atoms with Crippen molar-refractivity contribution in [2.75, 3.05) is 7.11 Å². The zero-order valence-electron chi connectivity index (χ0n) is 17.1. The lowest BCUT2D eigenvalue weighted by molar-refractivity contribution is 0.416. The summed E-state index contributed by atoms with van der Waals surface area (Å²) < 4.78 is 5.62. The summed E-state index contributed by atoms with van der Waals surface area (Å²) in [4.78, 5) is 16.2. The Morgan fingerprint density at radius 3 is 2.34 bits per heavy atom. The van der Waals surface area contributed by atoms with E-state index in [2.05, 4.69) is 4.98 Å². The molecule has 32 heavy (non-hydrogen) atoms. The Bertz CT molecular complexity index is 1500. The van der Waals surface area contributed by atoms with Crippen LogP contribution in [0.4, 0.5) is 0 Å². The summed E-state index contributed by atoms with van der Waals surface area (Å²) in [6.45, 7) is 0. The molecule has 2 aromatic heterocycles. The van der Waals surface area contributed by atoms with Crippen molar-refractivity contribution in [2.45, 2.75) is 0 Å². The lowest BCUT2D eigenvalue weighted by Gasteiger charge is -2.13. The molecule has 5 aromatic rings. The van der Waals surface area contributed by atoms with E-state index in [1.54, 1.807) is 31.4 Å². The highest BCUT2D eigenvalue weighted by Gasteiger charge is 2.20. The number of rotatable bonds is 4. The molecule has 0 bridgehead atoms. The van der Waals surface area contributed by atoms with Gasteiger partial charge in [0.1, 0.15) is 22.1 Å². The predicted molar refractivity (Wildman–Crippen MR) is 129 cm³/mol. The molecule has 0 saturated heterocycles. The second-order valence-electron chi connectivity index (χ2n) is 7.33. The molecule has 0 aliphatic rings. The highest BCUT2D eigenvalue weighted by atomic mass is 32.1. The van der Waals surface area contributed by atoms with Crippen molar-refractivity contribution in [2.24, 2.45) is 0 Å². The van der Waals surface area contributed by atoms with Crippen molar-refractivity contribution in [3.05, 3.63) is 88.5 Å². The summed E-state index contributed by atoms with van der Waals surface area (Å²) in [7, 11) is 1.58. The number of thiophene rings is 1. The van der Waals surface area contributed by atoms with Gasteiger partial charge in [-0.3, -0.25) is 4.79 Å². The molecule has 6 heteroatoms. The van der Waals surface area contributed by atoms with E-state index in [4.69, 9.17) is 4.74 Å². The Morgan fingerprint density at radius 2 is 1.59 bits per heavy atom. The van der Waals surface area contributed by atoms with Gasteiger partial charge in [-0.2, -0.15) is 0 Å². The number of para-hydroxylation sites is 1. The molecule has 5 rings (SSSR count). The number of fused-ring (bicyclic) bond motifs is 1. The number of hydrogen-bond acceptors (Lipinski definition) is 5. The third-order valence-corrected chi connectivity index (χ3v) is 6.38. The maximum Gasteiger partial charge on any atom is 0.260 e. The summed E-state index contributed by atoms with van der Waals surface area (Å²) >= 11 is 1.36. The third-order valence-electron chi connectivity index (χ3n) is 5.49. The van der Waals surface area contributed by atoms with Crippen LogP contribution in [-0.4, -0.2) is 22.3 Å². The average Bonchev–Trinajstić information content (AvgIpc) is 3.24. The number of pyridine rings is 1. The number of H-pyrrole nitrogens is 1. The highest BCUT2D eigenvalue weighted by Crippen LogP contribution is 2.44. The van der Waals surface area contributed by atoms with Crippen LogP contribution in [0.15, 0.2) is 83.0 Å². The maximum atomic E-state index is 12.7. The minimum Gasteiger partial charge on any atom is -0.507 e. The number of hydrogen-bond donors (Lipinski definition) is 3. The quantitative estimate of drug-likeness (QED) is 0.319. The van der Waals surface area contributed by atoms with Gasteiger partial charge in [-0.1, -0.05) is 54.6 Å². The molecule has 0 atom stereocenters. The number of nitrogens with one attached hydrogen (secondary N) is 1. The standard InChI is InChI=1S/C26H19NO4S/c1-31-21-13-16(11-12-18(21)17-9-5-6-10-20(17)28)19-14-32-26-23(19)24(29)22(25(30)27-26)15-7-3-2-4-8-15/h2-14,28H,1H3,(H2,27,29,30). The second kappa shape index (κ2) is 7.90. The molecular formula is C26H19NO4S. The molecule has 2 heterocycles. The maximum absolute atomic E-state index is 12.7. The summed E-state index contributed by atoms with van der Waals surface area (Å²) in [6.07, 6.45) is 0. The van der Waals surface area contributed by atoms with Crippen LogP contribution < -0.4 is 10.3 Å². The Kier molecular flexibility index (Phi) is 4.92. The smallest absolute Gasteiger partial charge is 0.260 e. The number of aromatic nitrogens is 1. The van der Waals surface area contributed by atoms with Crippen LogP contribution in [0.25, 0.3) is 43.6 Å². The Balaban J connectivity index is 1.71. The van der Waals surface area contributed by atoms with Gasteiger partial charge in [0.05, 0.1) is 18.1 Å². The summed E-state index contributed by atoms with van der Waals surface area (Å²) in [6, 6.07) is 21.9. The first-order valence-corrected chi connectivity index (χ1v) is 10.8. The SMILES string of the molecule is COc1cc(-c2csc3[nH]c(=O)c(-c4ccccc4)c(O)c23)ccc1-c1ccccc1O. The number of aromatic hydroxyl groups is 2. The molecule has 3 aromatic carbocycles. The molecule has 0 fully saturated rings. The third kappa shape index (κ3) is 3.21. The molecular weight excluding hydrogens is 422 g/mol. The zero-order chi connectivity index (χ0) is 22.2. The molecule has 3 N–H and O–H groups in total. The number of methoxy groups -OCH3 is 1. The molecule has 0 aliphatic carbocycles. The Labute approximate surface area is 187 Å². The van der Waals surface area contributed by atoms with Gasteiger partial charge in [-0.15, -0.1) is 11.3 Å². The van der Waals surface area contributed by atoms with Gasteiger partial charge >= 0.3 is 0 Å². The van der Waals surface area contributed by atoms with Gasteiger partial charge in [0.15, 0.2) is 0 Å². The topological polar surface area (TPSA) is 82.6 Å². The van der Waals surface area contributed by atoms with Crippen LogP contribution in [0.1, 0.15) is 0 Å². The van der Waals surface area contributed by atoms with Gasteiger partial charge in [0.2, 0.25) is 0 Å². The van der Waals surface area contributed by atoms with Crippen LogP contribution in [0.2, 0.25) is 0 Å². The molecule has 0 unspecified atom stereocenters. The number of phenols is 1. The normalized spacial score (nSPS) is 11.0. The number of aromatic amines is 1. The van der Waals surface area contributed by atoms with Crippen molar-refractivity contribution in [1.82, 2.24) is 4.98 Å². The number of phenolic OH excluding ortho intramolecular Hbond substituents is 1. The predicted octanol–water partition coefficient (Wildman–Crippen LogP) is 6.01. The van der Waals surface area contributed by atoms with Crippen molar-refractivity contribution in [3.63, 3.8) is 0 Å². The molecule has 0 aliphatic heterocycles. The first-order valence-electron chi connectivity index (χ1n) is 9.97. The summed E-state index contributed by atoms with van der Waals surface area (Å²) in [5.74, 6) is 0.716. The van der Waals surface area contributed by atoms with E-state index < -0.39 is 0 Å². The number of benzene rings is 3. The molecule has 0 spiro atoms. The van der Waals surface area contributed by atoms with Crippen LogP contribution in [0, 0.1) is 0 Å². The lowest BCUT2D eigenvalue weighted by atomic mass is 9.97. The van der Waals surface area contributed by atoms with Crippen molar-refractivity contribution in [3.8, 4) is 50.6 Å². The summed E-state index contributed by atoms with van der Waals surface area (Å²) in [5.41, 5.74) is 3.61. The van der Waals surface area contributed by atoms with E-state index in [1.807, 2.05) is 53.9 Å². The van der Waals surface area contributed by atoms with Gasteiger partial charge < -0.3 is 19.9 Å². The highest BCUT2D eigenvalue weighted by molar-refractivity contribution is 7.17. The monoisotopic (exact) mass is 441 g/mol. The molecule has 158 valence electrons. The fourth-order valence-corrected chi connectivity index (χ4v) is 4.92. The van der Waals surface area contributed by atoms with Crippen molar-refractivity contribution in [1.29, 1.82) is 0 Å². The molecule has 0 saturated carbocycles. The lowest BCUT2D eigenvalue weighted by Crippen LogP contribution is -2.08. The van der Waals surface area contributed by atoms with E-state index >= 15 is 0 Å². The van der Waals surface area contributed by atoms with E-state index in [-0.39, 0.29) is 22.6 Å². The molecule has 0 radical (unpaired) electrons. The first kappa shape index (κ1) is 19.9. The van der Waals surface area contributed by atoms with Gasteiger partial charge in [-0.25, -0.2) is 0 Å². The van der Waals surface area contributed by atoms with Crippen LogP contribution in [-0.2, 0) is 0 Å². The van der Waals surface area contributed by atoms with Crippen LogP contribution >= 0.6 is 11.3 Å². The van der Waals surface area contributed by atoms with Gasteiger partial charge in [0.25, 0.3) is 5.56 Å². The molecule has 5 nitrogen and oxygen atoms in total.